The Labute approximate surface area is 228 Å². The molecule has 0 spiro atoms. The van der Waals surface area contributed by atoms with E-state index in [-0.39, 0.29) is 30.6 Å². The van der Waals surface area contributed by atoms with Crippen LogP contribution in [-0.4, -0.2) is 50.0 Å². The number of rotatable bonds is 11. The summed E-state index contributed by atoms with van der Waals surface area (Å²) < 4.78 is 40.2. The van der Waals surface area contributed by atoms with E-state index >= 15 is 0 Å². The molecule has 0 saturated carbocycles. The smallest absolute Gasteiger partial charge is 0.244 e. The number of nitrogens with one attached hydrogen (secondary N) is 1. The Bertz CT molecular complexity index is 1370. The Morgan fingerprint density at radius 2 is 1.63 bits per heavy atom. The molecule has 2 amide bonds. The van der Waals surface area contributed by atoms with Crippen molar-refractivity contribution < 1.29 is 22.4 Å². The van der Waals surface area contributed by atoms with Gasteiger partial charge < -0.3 is 10.2 Å². The molecular weight excluding hydrogens is 529 g/mol. The molecule has 0 fully saturated rings. The lowest BCUT2D eigenvalue weighted by Crippen LogP contribution is -2.54. The molecule has 0 bridgehead atoms. The van der Waals surface area contributed by atoms with Crippen LogP contribution in [0.5, 0.6) is 0 Å². The minimum atomic E-state index is -3.98. The highest BCUT2D eigenvalue weighted by Gasteiger charge is 2.33. The highest BCUT2D eigenvalue weighted by Crippen LogP contribution is 2.23. The first-order valence-corrected chi connectivity index (χ1v) is 14.3. The quantitative estimate of drug-likeness (QED) is 0.377. The summed E-state index contributed by atoms with van der Waals surface area (Å²) in [7, 11) is -3.98. The lowest BCUT2D eigenvalue weighted by Gasteiger charge is -2.34. The van der Waals surface area contributed by atoms with Crippen LogP contribution in [0.25, 0.3) is 0 Å². The van der Waals surface area contributed by atoms with Gasteiger partial charge in [-0.1, -0.05) is 66.2 Å². The normalized spacial score (nSPS) is 12.2. The highest BCUT2D eigenvalue weighted by atomic mass is 35.5. The summed E-state index contributed by atoms with van der Waals surface area (Å²) in [6.07, 6.45) is 1.13. The number of sulfonamides is 1. The fourth-order valence-electron chi connectivity index (χ4n) is 3.99. The molecule has 202 valence electrons. The van der Waals surface area contributed by atoms with Gasteiger partial charge in [0.05, 0.1) is 11.9 Å². The third-order valence-corrected chi connectivity index (χ3v) is 7.29. The van der Waals surface area contributed by atoms with Gasteiger partial charge in [-0.2, -0.15) is 0 Å². The number of carbonyl (C=O) groups is 2. The number of hydrogen-bond acceptors (Lipinski definition) is 4. The van der Waals surface area contributed by atoms with Crippen LogP contribution < -0.4 is 9.62 Å². The van der Waals surface area contributed by atoms with Gasteiger partial charge in [0.1, 0.15) is 18.4 Å². The first kappa shape index (κ1) is 29.1. The van der Waals surface area contributed by atoms with E-state index in [9.17, 15) is 22.4 Å². The number of benzene rings is 3. The fraction of sp³-hybridized carbons (Fsp3) is 0.286. The van der Waals surface area contributed by atoms with Gasteiger partial charge in [0, 0.05) is 24.0 Å². The zero-order valence-corrected chi connectivity index (χ0v) is 23.0. The number of halogens is 2. The molecule has 0 aromatic heterocycles. The second-order valence-electron chi connectivity index (χ2n) is 9.23. The summed E-state index contributed by atoms with van der Waals surface area (Å²) in [6.45, 7) is 2.95. The van der Waals surface area contributed by atoms with Crippen molar-refractivity contribution in [2.24, 2.45) is 0 Å². The van der Waals surface area contributed by atoms with Crippen LogP contribution in [0.2, 0.25) is 5.02 Å². The van der Waals surface area contributed by atoms with Crippen molar-refractivity contribution in [3.8, 4) is 0 Å². The molecule has 0 aliphatic carbocycles. The molecule has 7 nitrogen and oxygen atoms in total. The molecule has 0 radical (unpaired) electrons. The van der Waals surface area contributed by atoms with Crippen molar-refractivity contribution in [3.05, 3.63) is 101 Å². The van der Waals surface area contributed by atoms with Crippen LogP contribution in [-0.2, 0) is 32.6 Å². The van der Waals surface area contributed by atoms with Crippen molar-refractivity contribution in [1.29, 1.82) is 0 Å². The van der Waals surface area contributed by atoms with E-state index in [1.807, 2.05) is 44.2 Å². The number of nitrogens with zero attached hydrogens (tertiary/aromatic N) is 2. The van der Waals surface area contributed by atoms with E-state index in [0.717, 1.165) is 22.2 Å². The van der Waals surface area contributed by atoms with Crippen LogP contribution >= 0.6 is 11.6 Å². The molecule has 10 heteroatoms. The van der Waals surface area contributed by atoms with Crippen molar-refractivity contribution in [1.82, 2.24) is 10.2 Å². The largest absolute Gasteiger partial charge is 0.352 e. The van der Waals surface area contributed by atoms with Crippen molar-refractivity contribution >= 4 is 39.1 Å². The molecule has 0 aliphatic heterocycles. The van der Waals surface area contributed by atoms with Crippen LogP contribution in [0, 0.1) is 5.82 Å². The maximum atomic E-state index is 14.0. The van der Waals surface area contributed by atoms with Crippen LogP contribution in [0.4, 0.5) is 10.1 Å². The van der Waals surface area contributed by atoms with E-state index in [1.165, 1.54) is 23.1 Å². The van der Waals surface area contributed by atoms with Gasteiger partial charge in [0.15, 0.2) is 0 Å². The standard InChI is InChI=1S/C28H31ClFN3O4S/c1-20(2)31-28(35)26(16-21-10-5-4-6-11-21)32(18-22-12-7-8-15-25(22)29)27(34)19-33(38(3,36)37)24-14-9-13-23(30)17-24/h4-15,17,20,26H,16,18-19H2,1-3H3,(H,31,35)/t26-/m0/s1. The number of anilines is 1. The number of carbonyl (C=O) groups excluding carboxylic acids is 2. The predicted molar refractivity (Wildman–Crippen MR) is 148 cm³/mol. The molecule has 38 heavy (non-hydrogen) atoms. The third-order valence-electron chi connectivity index (χ3n) is 5.78. The van der Waals surface area contributed by atoms with Gasteiger partial charge in [-0.3, -0.25) is 13.9 Å². The topological polar surface area (TPSA) is 86.8 Å². The summed E-state index contributed by atoms with van der Waals surface area (Å²) in [4.78, 5) is 28.7. The van der Waals surface area contributed by atoms with Crippen molar-refractivity contribution in [2.75, 3.05) is 17.1 Å². The highest BCUT2D eigenvalue weighted by molar-refractivity contribution is 7.92. The second-order valence-corrected chi connectivity index (χ2v) is 11.5. The Morgan fingerprint density at radius 1 is 0.974 bits per heavy atom. The van der Waals surface area contributed by atoms with E-state index in [2.05, 4.69) is 5.32 Å². The summed E-state index contributed by atoms with van der Waals surface area (Å²) in [5.41, 5.74) is 1.41. The van der Waals surface area contributed by atoms with Crippen LogP contribution in [0.15, 0.2) is 78.9 Å². The summed E-state index contributed by atoms with van der Waals surface area (Å²) in [5, 5.41) is 3.28. The molecule has 0 saturated heterocycles. The zero-order chi connectivity index (χ0) is 27.9. The maximum absolute atomic E-state index is 14.0. The summed E-state index contributed by atoms with van der Waals surface area (Å²) >= 11 is 6.41. The molecule has 3 rings (SSSR count). The number of amides is 2. The molecular formula is C28H31ClFN3O4S. The lowest BCUT2D eigenvalue weighted by atomic mass is 10.0. The molecule has 0 unspecified atom stereocenters. The second kappa shape index (κ2) is 12.9. The SMILES string of the molecule is CC(C)NC(=O)[C@H](Cc1ccccc1)N(Cc1ccccc1Cl)C(=O)CN(c1cccc(F)c1)S(C)(=O)=O. The van der Waals surface area contributed by atoms with Gasteiger partial charge >= 0.3 is 0 Å². The Morgan fingerprint density at radius 3 is 2.24 bits per heavy atom. The molecule has 3 aromatic rings. The Kier molecular flexibility index (Phi) is 9.88. The predicted octanol–water partition coefficient (Wildman–Crippen LogP) is 4.41. The summed E-state index contributed by atoms with van der Waals surface area (Å²) in [6, 6.07) is 20.0. The summed E-state index contributed by atoms with van der Waals surface area (Å²) in [5.74, 6) is -1.67. The monoisotopic (exact) mass is 559 g/mol. The third kappa shape index (κ3) is 8.03. The minimum absolute atomic E-state index is 0.00443. The first-order valence-electron chi connectivity index (χ1n) is 12.1. The Balaban J connectivity index is 2.07. The molecule has 3 aromatic carbocycles. The van der Waals surface area contributed by atoms with E-state index in [1.54, 1.807) is 24.3 Å². The zero-order valence-electron chi connectivity index (χ0n) is 21.5. The van der Waals surface area contributed by atoms with E-state index in [4.69, 9.17) is 11.6 Å². The maximum Gasteiger partial charge on any atom is 0.244 e. The van der Waals surface area contributed by atoms with Gasteiger partial charge in [-0.05, 0) is 49.2 Å². The van der Waals surface area contributed by atoms with Gasteiger partial charge in [-0.15, -0.1) is 0 Å². The average molecular weight is 560 g/mol. The molecule has 0 aliphatic rings. The minimum Gasteiger partial charge on any atom is -0.352 e. The molecule has 0 heterocycles. The van der Waals surface area contributed by atoms with E-state index in [0.29, 0.717) is 10.6 Å². The fourth-order valence-corrected chi connectivity index (χ4v) is 5.03. The molecule has 1 atom stereocenters. The van der Waals surface area contributed by atoms with Gasteiger partial charge in [-0.25, -0.2) is 12.8 Å². The van der Waals surface area contributed by atoms with Crippen LogP contribution in [0.1, 0.15) is 25.0 Å². The van der Waals surface area contributed by atoms with Crippen LogP contribution in [0.3, 0.4) is 0 Å². The molecule has 1 N–H and O–H groups in total. The van der Waals surface area contributed by atoms with Gasteiger partial charge in [0.25, 0.3) is 0 Å². The van der Waals surface area contributed by atoms with Crippen molar-refractivity contribution in [2.45, 2.75) is 38.9 Å². The average Bonchev–Trinajstić information content (AvgIpc) is 2.85. The Hall–Kier alpha value is -3.43. The van der Waals surface area contributed by atoms with Crippen molar-refractivity contribution in [3.63, 3.8) is 0 Å². The van der Waals surface area contributed by atoms with Gasteiger partial charge in [0.2, 0.25) is 21.8 Å². The first-order chi connectivity index (χ1) is 18.0. The lowest BCUT2D eigenvalue weighted by molar-refractivity contribution is -0.140. The van der Waals surface area contributed by atoms with E-state index < -0.39 is 34.3 Å². The number of hydrogen-bond donors (Lipinski definition) is 1.